The van der Waals surface area contributed by atoms with Crippen LogP contribution in [-0.4, -0.2) is 23.7 Å². The fraction of sp³-hybridized carbons (Fsp3) is 0.273. The van der Waals surface area contributed by atoms with Gasteiger partial charge in [-0.2, -0.15) is 8.78 Å². The average molecular weight is 311 g/mol. The van der Waals surface area contributed by atoms with Crippen LogP contribution in [0.5, 0.6) is 11.5 Å². The van der Waals surface area contributed by atoms with E-state index in [0.29, 0.717) is 0 Å². The third kappa shape index (κ3) is 2.84. The molecule has 0 aliphatic carbocycles. The van der Waals surface area contributed by atoms with Crippen LogP contribution in [0.3, 0.4) is 0 Å². The molecule has 1 aromatic heterocycles. The molecule has 0 fully saturated rings. The summed E-state index contributed by atoms with van der Waals surface area (Å²) in [6.45, 7) is -3.07. The van der Waals surface area contributed by atoms with E-state index in [1.165, 1.54) is 13.2 Å². The van der Waals surface area contributed by atoms with Gasteiger partial charge < -0.3 is 9.47 Å². The number of alkyl halides is 4. The van der Waals surface area contributed by atoms with Gasteiger partial charge in [-0.3, -0.25) is 0 Å². The Kier molecular flexibility index (Phi) is 4.12. The summed E-state index contributed by atoms with van der Waals surface area (Å²) in [6.07, 6.45) is -2.90. The molecule has 0 atom stereocenters. The lowest BCUT2D eigenvalue weighted by atomic mass is 10.2. The Morgan fingerprint density at radius 1 is 1.10 bits per heavy atom. The molecule has 0 bridgehead atoms. The first-order valence-electron chi connectivity index (χ1n) is 5.20. The molecule has 108 valence electrons. The van der Waals surface area contributed by atoms with Gasteiger partial charge in [0.05, 0.1) is 12.6 Å². The Morgan fingerprint density at radius 2 is 1.80 bits per heavy atom. The summed E-state index contributed by atoms with van der Waals surface area (Å²) in [7, 11) is 1.22. The van der Waals surface area contributed by atoms with E-state index in [1.807, 2.05) is 0 Å². The Labute approximate surface area is 115 Å². The van der Waals surface area contributed by atoms with E-state index < -0.39 is 18.9 Å². The van der Waals surface area contributed by atoms with Crippen molar-refractivity contribution in [3.8, 4) is 11.5 Å². The van der Waals surface area contributed by atoms with Crippen LogP contribution < -0.4 is 9.47 Å². The van der Waals surface area contributed by atoms with E-state index in [2.05, 4.69) is 14.7 Å². The highest BCUT2D eigenvalue weighted by atomic mass is 35.5. The fourth-order valence-electron chi connectivity index (χ4n) is 1.56. The van der Waals surface area contributed by atoms with Crippen LogP contribution in [-0.2, 0) is 0 Å². The summed E-state index contributed by atoms with van der Waals surface area (Å²) in [5.74, 6) is -1.12. The quantitative estimate of drug-likeness (QED) is 0.636. The van der Waals surface area contributed by atoms with E-state index in [1.54, 1.807) is 0 Å². The lowest BCUT2D eigenvalue weighted by Gasteiger charge is -2.11. The van der Waals surface area contributed by atoms with Crippen LogP contribution >= 0.6 is 11.6 Å². The van der Waals surface area contributed by atoms with Gasteiger partial charge in [0.25, 0.3) is 6.43 Å². The number of hydrogen-bond acceptors (Lipinski definition) is 4. The number of hydrogen-bond donors (Lipinski definition) is 0. The predicted molar refractivity (Wildman–Crippen MR) is 62.7 cm³/mol. The molecule has 2 aromatic rings. The van der Waals surface area contributed by atoms with E-state index in [9.17, 15) is 17.6 Å². The summed E-state index contributed by atoms with van der Waals surface area (Å²) >= 11 is 5.74. The molecule has 0 amide bonds. The minimum Gasteiger partial charge on any atom is -0.493 e. The topological polar surface area (TPSA) is 44.2 Å². The largest absolute Gasteiger partial charge is 0.493 e. The van der Waals surface area contributed by atoms with Gasteiger partial charge in [-0.25, -0.2) is 18.7 Å². The number of halogens is 5. The van der Waals surface area contributed by atoms with Gasteiger partial charge in [-0.05, 0) is 6.07 Å². The minimum absolute atomic E-state index is 0.0405. The van der Waals surface area contributed by atoms with Crippen molar-refractivity contribution in [1.82, 2.24) is 9.97 Å². The van der Waals surface area contributed by atoms with Crippen molar-refractivity contribution in [3.05, 3.63) is 23.1 Å². The first-order chi connectivity index (χ1) is 9.42. The molecule has 0 N–H and O–H groups in total. The Balaban J connectivity index is 2.64. The maximum absolute atomic E-state index is 12.6. The predicted octanol–water partition coefficient (Wildman–Crippen LogP) is 3.83. The normalized spacial score (nSPS) is 11.4. The summed E-state index contributed by atoms with van der Waals surface area (Å²) < 4.78 is 58.8. The second-order valence-corrected chi connectivity index (χ2v) is 3.93. The van der Waals surface area contributed by atoms with Crippen molar-refractivity contribution in [3.63, 3.8) is 0 Å². The number of fused-ring (bicyclic) bond motifs is 1. The Morgan fingerprint density at radius 3 is 2.35 bits per heavy atom. The number of ether oxygens (including phenoxy) is 2. The zero-order valence-electron chi connectivity index (χ0n) is 9.91. The molecule has 0 radical (unpaired) electrons. The molecular formula is C11H7ClF4N2O2. The van der Waals surface area contributed by atoms with Crippen molar-refractivity contribution in [2.75, 3.05) is 7.11 Å². The summed E-state index contributed by atoms with van der Waals surface area (Å²) in [6, 6.07) is 2.28. The van der Waals surface area contributed by atoms with Crippen LogP contribution in [0.25, 0.3) is 10.9 Å². The number of rotatable bonds is 4. The minimum atomic E-state index is -3.07. The SMILES string of the molecule is COc1cc2nc(C(F)F)nc(Cl)c2cc1OC(F)F. The summed E-state index contributed by atoms with van der Waals surface area (Å²) in [5, 5.41) is -0.181. The van der Waals surface area contributed by atoms with Crippen LogP contribution in [0.2, 0.25) is 5.15 Å². The molecule has 0 unspecified atom stereocenters. The first-order valence-corrected chi connectivity index (χ1v) is 5.58. The smallest absolute Gasteiger partial charge is 0.387 e. The second-order valence-electron chi connectivity index (χ2n) is 3.57. The highest BCUT2D eigenvalue weighted by molar-refractivity contribution is 6.34. The Hall–Kier alpha value is -1.83. The average Bonchev–Trinajstić information content (AvgIpc) is 2.37. The van der Waals surface area contributed by atoms with Gasteiger partial charge in [-0.15, -0.1) is 0 Å². The number of benzene rings is 1. The number of methoxy groups -OCH3 is 1. The highest BCUT2D eigenvalue weighted by Crippen LogP contribution is 2.35. The van der Waals surface area contributed by atoms with Gasteiger partial charge in [0, 0.05) is 11.5 Å². The molecule has 0 spiro atoms. The third-order valence-corrected chi connectivity index (χ3v) is 2.65. The lowest BCUT2D eigenvalue weighted by molar-refractivity contribution is -0.0511. The zero-order valence-corrected chi connectivity index (χ0v) is 10.7. The third-order valence-electron chi connectivity index (χ3n) is 2.36. The Bertz CT molecular complexity index is 639. The highest BCUT2D eigenvalue weighted by Gasteiger charge is 2.18. The van der Waals surface area contributed by atoms with E-state index in [-0.39, 0.29) is 27.6 Å². The molecule has 9 heteroatoms. The van der Waals surface area contributed by atoms with Gasteiger partial charge in [0.15, 0.2) is 17.3 Å². The molecule has 2 rings (SSSR count). The molecule has 0 saturated carbocycles. The van der Waals surface area contributed by atoms with Gasteiger partial charge in [0.2, 0.25) is 0 Å². The van der Waals surface area contributed by atoms with Crippen molar-refractivity contribution in [2.24, 2.45) is 0 Å². The van der Waals surface area contributed by atoms with Crippen LogP contribution in [0.1, 0.15) is 12.2 Å². The van der Waals surface area contributed by atoms with Gasteiger partial charge in [0.1, 0.15) is 5.15 Å². The van der Waals surface area contributed by atoms with Crippen molar-refractivity contribution < 1.29 is 27.0 Å². The molecule has 1 heterocycles. The fourth-order valence-corrected chi connectivity index (χ4v) is 1.80. The zero-order chi connectivity index (χ0) is 14.9. The summed E-state index contributed by atoms with van der Waals surface area (Å²) in [4.78, 5) is 6.99. The second kappa shape index (κ2) is 5.66. The van der Waals surface area contributed by atoms with Crippen molar-refractivity contribution in [1.29, 1.82) is 0 Å². The molecular weight excluding hydrogens is 304 g/mol. The number of nitrogens with zero attached hydrogens (tertiary/aromatic N) is 2. The van der Waals surface area contributed by atoms with Gasteiger partial charge in [-0.1, -0.05) is 11.6 Å². The molecule has 0 aliphatic rings. The van der Waals surface area contributed by atoms with E-state index >= 15 is 0 Å². The standard InChI is InChI=1S/C11H7ClF4N2O2/c1-19-6-3-5-4(2-7(6)20-11(15)16)8(12)18-10(17-5)9(13)14/h2-3,9,11H,1H3. The van der Waals surface area contributed by atoms with Crippen LogP contribution in [0.4, 0.5) is 17.6 Å². The lowest BCUT2D eigenvalue weighted by Crippen LogP contribution is -2.04. The number of aromatic nitrogens is 2. The first kappa shape index (κ1) is 14.6. The maximum atomic E-state index is 12.6. The molecule has 1 aromatic carbocycles. The molecule has 4 nitrogen and oxygen atoms in total. The van der Waals surface area contributed by atoms with E-state index in [4.69, 9.17) is 16.3 Å². The van der Waals surface area contributed by atoms with Crippen LogP contribution in [0.15, 0.2) is 12.1 Å². The molecule has 0 aliphatic heterocycles. The maximum Gasteiger partial charge on any atom is 0.387 e. The molecule has 0 saturated heterocycles. The van der Waals surface area contributed by atoms with Gasteiger partial charge >= 0.3 is 6.61 Å². The van der Waals surface area contributed by atoms with Crippen molar-refractivity contribution >= 4 is 22.5 Å². The van der Waals surface area contributed by atoms with E-state index in [0.717, 1.165) is 6.07 Å². The van der Waals surface area contributed by atoms with Crippen molar-refractivity contribution in [2.45, 2.75) is 13.0 Å². The summed E-state index contributed by atoms with van der Waals surface area (Å²) in [5.41, 5.74) is 0.0405. The monoisotopic (exact) mass is 310 g/mol. The van der Waals surface area contributed by atoms with Crippen LogP contribution in [0, 0.1) is 0 Å². The molecule has 20 heavy (non-hydrogen) atoms.